The highest BCUT2D eigenvalue weighted by Gasteiger charge is 2.16. The highest BCUT2D eigenvalue weighted by molar-refractivity contribution is 7.99. The number of thioether (sulfide) groups is 1. The Morgan fingerprint density at radius 2 is 2.04 bits per heavy atom. The minimum Gasteiger partial charge on any atom is -0.304 e. The molecule has 3 heterocycles. The van der Waals surface area contributed by atoms with E-state index >= 15 is 0 Å². The zero-order valence-corrected chi connectivity index (χ0v) is 15.8. The maximum Gasteiger partial charge on any atom is 0.191 e. The lowest BCUT2D eigenvalue weighted by molar-refractivity contribution is 0.786. The standard InChI is InChI=1S/C17H16N4S3/c1-11(10-15-18-12-6-3-4-7-13(12)24-15)23-17-20-19-16(21(17)2)14-8-5-9-22-14/h3-9,11H,10H2,1-2H3. The van der Waals surface area contributed by atoms with Crippen LogP contribution < -0.4 is 0 Å². The molecule has 0 saturated heterocycles. The van der Waals surface area contributed by atoms with Crippen molar-refractivity contribution >= 4 is 44.7 Å². The van der Waals surface area contributed by atoms with Gasteiger partial charge in [-0.15, -0.1) is 32.9 Å². The van der Waals surface area contributed by atoms with Gasteiger partial charge in [-0.2, -0.15) is 0 Å². The summed E-state index contributed by atoms with van der Waals surface area (Å²) in [4.78, 5) is 5.88. The summed E-state index contributed by atoms with van der Waals surface area (Å²) in [5.41, 5.74) is 1.09. The van der Waals surface area contributed by atoms with Crippen LogP contribution in [0.4, 0.5) is 0 Å². The van der Waals surface area contributed by atoms with Crippen molar-refractivity contribution < 1.29 is 0 Å². The Morgan fingerprint density at radius 1 is 1.17 bits per heavy atom. The largest absolute Gasteiger partial charge is 0.304 e. The summed E-state index contributed by atoms with van der Waals surface area (Å²) in [6.07, 6.45) is 0.936. The van der Waals surface area contributed by atoms with Gasteiger partial charge in [0.25, 0.3) is 0 Å². The second kappa shape index (κ2) is 6.66. The second-order valence-corrected chi connectivity index (χ2v) is 9.02. The molecule has 0 radical (unpaired) electrons. The van der Waals surface area contributed by atoms with Crippen LogP contribution in [0.2, 0.25) is 0 Å². The highest BCUT2D eigenvalue weighted by Crippen LogP contribution is 2.30. The average molecular weight is 373 g/mol. The number of fused-ring (bicyclic) bond motifs is 1. The molecule has 1 aromatic carbocycles. The van der Waals surface area contributed by atoms with Crippen LogP contribution in [-0.2, 0) is 13.5 Å². The van der Waals surface area contributed by atoms with Gasteiger partial charge in [-0.1, -0.05) is 36.9 Å². The number of para-hydroxylation sites is 1. The minimum absolute atomic E-state index is 0.393. The molecule has 7 heteroatoms. The Labute approximate surface area is 152 Å². The van der Waals surface area contributed by atoms with Crippen LogP contribution in [-0.4, -0.2) is 25.0 Å². The van der Waals surface area contributed by atoms with Gasteiger partial charge >= 0.3 is 0 Å². The van der Waals surface area contributed by atoms with Crippen LogP contribution in [0.1, 0.15) is 11.9 Å². The fourth-order valence-corrected chi connectivity index (χ4v) is 5.39. The lowest BCUT2D eigenvalue weighted by Gasteiger charge is -2.08. The first-order valence-electron chi connectivity index (χ1n) is 7.65. The number of rotatable bonds is 5. The molecular weight excluding hydrogens is 356 g/mol. The van der Waals surface area contributed by atoms with Crippen LogP contribution in [0.5, 0.6) is 0 Å². The molecule has 0 aliphatic carbocycles. The first-order valence-corrected chi connectivity index (χ1v) is 10.2. The molecule has 0 aliphatic heterocycles. The maximum atomic E-state index is 4.73. The highest BCUT2D eigenvalue weighted by atomic mass is 32.2. The first-order chi connectivity index (χ1) is 11.7. The Balaban J connectivity index is 1.49. The third-order valence-electron chi connectivity index (χ3n) is 3.68. The van der Waals surface area contributed by atoms with Crippen LogP contribution >= 0.6 is 34.4 Å². The SMILES string of the molecule is CC(Cc1nc2ccccc2s1)Sc1nnc(-c2cccs2)n1C. The first kappa shape index (κ1) is 15.8. The summed E-state index contributed by atoms with van der Waals surface area (Å²) in [6.45, 7) is 2.22. The summed E-state index contributed by atoms with van der Waals surface area (Å²) in [5.74, 6) is 0.930. The van der Waals surface area contributed by atoms with Crippen molar-refractivity contribution in [2.45, 2.75) is 23.8 Å². The lowest BCUT2D eigenvalue weighted by atomic mass is 10.3. The molecule has 122 valence electrons. The summed E-state index contributed by atoms with van der Waals surface area (Å²) >= 11 is 5.22. The second-order valence-electron chi connectivity index (χ2n) is 5.55. The van der Waals surface area contributed by atoms with E-state index in [-0.39, 0.29) is 0 Å². The molecule has 0 bridgehead atoms. The van der Waals surface area contributed by atoms with E-state index in [4.69, 9.17) is 4.98 Å². The van der Waals surface area contributed by atoms with E-state index < -0.39 is 0 Å². The van der Waals surface area contributed by atoms with Crippen molar-refractivity contribution in [3.63, 3.8) is 0 Å². The van der Waals surface area contributed by atoms with Gasteiger partial charge in [-0.05, 0) is 23.6 Å². The predicted octanol–water partition coefficient (Wildman–Crippen LogP) is 4.88. The van der Waals surface area contributed by atoms with E-state index in [0.717, 1.165) is 27.8 Å². The number of aromatic nitrogens is 4. The molecule has 3 aromatic heterocycles. The van der Waals surface area contributed by atoms with E-state index in [1.807, 2.05) is 19.2 Å². The fraction of sp³-hybridized carbons (Fsp3) is 0.235. The van der Waals surface area contributed by atoms with Gasteiger partial charge in [-0.25, -0.2) is 4.98 Å². The molecule has 1 unspecified atom stereocenters. The predicted molar refractivity (Wildman–Crippen MR) is 103 cm³/mol. The molecule has 0 spiro atoms. The Hall–Kier alpha value is -1.70. The molecule has 0 saturated carbocycles. The van der Waals surface area contributed by atoms with Crippen LogP contribution in [0.15, 0.2) is 46.9 Å². The third kappa shape index (κ3) is 3.11. The van der Waals surface area contributed by atoms with E-state index in [9.17, 15) is 0 Å². The Morgan fingerprint density at radius 3 is 2.83 bits per heavy atom. The van der Waals surface area contributed by atoms with Gasteiger partial charge in [0.05, 0.1) is 20.1 Å². The van der Waals surface area contributed by atoms with Crippen molar-refractivity contribution in [3.8, 4) is 10.7 Å². The molecule has 1 atom stereocenters. The number of thiazole rings is 1. The lowest BCUT2D eigenvalue weighted by Crippen LogP contribution is -2.03. The summed E-state index contributed by atoms with van der Waals surface area (Å²) in [6, 6.07) is 12.4. The van der Waals surface area contributed by atoms with Gasteiger partial charge in [0.15, 0.2) is 11.0 Å². The van der Waals surface area contributed by atoms with Crippen molar-refractivity contribution in [2.75, 3.05) is 0 Å². The third-order valence-corrected chi connectivity index (χ3v) is 6.74. The van der Waals surface area contributed by atoms with E-state index in [1.165, 1.54) is 9.71 Å². The number of thiophene rings is 1. The molecule has 4 aromatic rings. The fourth-order valence-electron chi connectivity index (χ4n) is 2.51. The molecule has 0 N–H and O–H groups in total. The Kier molecular flexibility index (Phi) is 4.39. The van der Waals surface area contributed by atoms with Crippen LogP contribution in [0.3, 0.4) is 0 Å². The molecule has 24 heavy (non-hydrogen) atoms. The van der Waals surface area contributed by atoms with Crippen LogP contribution in [0, 0.1) is 0 Å². The summed E-state index contributed by atoms with van der Waals surface area (Å²) < 4.78 is 3.33. The molecule has 4 rings (SSSR count). The van der Waals surface area contributed by atoms with Gasteiger partial charge in [-0.3, -0.25) is 0 Å². The number of nitrogens with zero attached hydrogens (tertiary/aromatic N) is 4. The van der Waals surface area contributed by atoms with E-state index in [0.29, 0.717) is 5.25 Å². The molecular formula is C17H16N4S3. The van der Waals surface area contributed by atoms with Crippen LogP contribution in [0.25, 0.3) is 20.9 Å². The number of hydrogen-bond acceptors (Lipinski definition) is 6. The monoisotopic (exact) mass is 372 g/mol. The summed E-state index contributed by atoms with van der Waals surface area (Å²) in [7, 11) is 2.03. The van der Waals surface area contributed by atoms with Gasteiger partial charge < -0.3 is 4.57 Å². The van der Waals surface area contributed by atoms with Gasteiger partial charge in [0.1, 0.15) is 0 Å². The Bertz CT molecular complexity index is 922. The van der Waals surface area contributed by atoms with E-state index in [2.05, 4.69) is 51.3 Å². The zero-order valence-electron chi connectivity index (χ0n) is 13.3. The topological polar surface area (TPSA) is 43.6 Å². The van der Waals surface area contributed by atoms with Crippen molar-refractivity contribution in [3.05, 3.63) is 46.8 Å². The average Bonchev–Trinajstić information content (AvgIpc) is 3.27. The molecule has 0 amide bonds. The van der Waals surface area contributed by atoms with Gasteiger partial charge in [0.2, 0.25) is 0 Å². The smallest absolute Gasteiger partial charge is 0.191 e. The quantitative estimate of drug-likeness (QED) is 0.469. The molecule has 4 nitrogen and oxygen atoms in total. The van der Waals surface area contributed by atoms with Crippen molar-refractivity contribution in [2.24, 2.45) is 7.05 Å². The summed E-state index contributed by atoms with van der Waals surface area (Å²) in [5, 5.41) is 13.3. The normalized spacial score (nSPS) is 12.8. The van der Waals surface area contributed by atoms with Gasteiger partial charge in [0, 0.05) is 18.7 Å². The zero-order chi connectivity index (χ0) is 16.5. The number of hydrogen-bond donors (Lipinski definition) is 0. The van der Waals surface area contributed by atoms with Crippen molar-refractivity contribution in [1.82, 2.24) is 19.7 Å². The van der Waals surface area contributed by atoms with E-state index in [1.54, 1.807) is 34.4 Å². The minimum atomic E-state index is 0.393. The molecule has 0 aliphatic rings. The molecule has 0 fully saturated rings. The maximum absolute atomic E-state index is 4.73. The number of benzene rings is 1. The van der Waals surface area contributed by atoms with Crippen molar-refractivity contribution in [1.29, 1.82) is 0 Å².